The molecule has 1 spiro atoms. The Balaban J connectivity index is 1.62. The van der Waals surface area contributed by atoms with Crippen molar-refractivity contribution in [1.82, 2.24) is 15.0 Å². The highest BCUT2D eigenvalue weighted by Gasteiger charge is 2.37. The quantitative estimate of drug-likeness (QED) is 0.826. The van der Waals surface area contributed by atoms with Gasteiger partial charge in [-0.05, 0) is 57.1 Å². The van der Waals surface area contributed by atoms with Crippen LogP contribution < -0.4 is 4.90 Å². The summed E-state index contributed by atoms with van der Waals surface area (Å²) >= 11 is 0. The zero-order chi connectivity index (χ0) is 16.6. The smallest absolute Gasteiger partial charge is 0.161 e. The van der Waals surface area contributed by atoms with Crippen molar-refractivity contribution in [3.8, 4) is 11.4 Å². The fraction of sp³-hybridized carbons (Fsp3) is 0.550. The van der Waals surface area contributed by atoms with E-state index >= 15 is 0 Å². The van der Waals surface area contributed by atoms with Crippen molar-refractivity contribution in [1.29, 1.82) is 0 Å². The molecular formula is C20H26N4. The molecule has 1 aliphatic carbocycles. The van der Waals surface area contributed by atoms with Crippen LogP contribution >= 0.6 is 0 Å². The van der Waals surface area contributed by atoms with Gasteiger partial charge in [0.2, 0.25) is 0 Å². The molecule has 126 valence electrons. The van der Waals surface area contributed by atoms with Crippen molar-refractivity contribution >= 4 is 5.82 Å². The molecule has 4 nitrogen and oxygen atoms in total. The second-order valence-corrected chi connectivity index (χ2v) is 7.51. The minimum absolute atomic E-state index is 0.639. The van der Waals surface area contributed by atoms with Gasteiger partial charge in [-0.25, -0.2) is 9.97 Å². The third-order valence-corrected chi connectivity index (χ3v) is 6.09. The Morgan fingerprint density at radius 1 is 0.917 bits per heavy atom. The van der Waals surface area contributed by atoms with Crippen LogP contribution in [0.15, 0.2) is 24.5 Å². The molecule has 3 heterocycles. The molecule has 2 fully saturated rings. The molecule has 0 radical (unpaired) electrons. The third kappa shape index (κ3) is 2.79. The molecule has 4 rings (SSSR count). The van der Waals surface area contributed by atoms with Crippen LogP contribution in [0.4, 0.5) is 5.82 Å². The summed E-state index contributed by atoms with van der Waals surface area (Å²) in [5.74, 6) is 1.94. The van der Waals surface area contributed by atoms with E-state index in [1.807, 2.05) is 12.1 Å². The molecule has 2 aromatic heterocycles. The van der Waals surface area contributed by atoms with E-state index in [4.69, 9.17) is 9.97 Å². The minimum atomic E-state index is 0.639. The van der Waals surface area contributed by atoms with E-state index < -0.39 is 0 Å². The monoisotopic (exact) mass is 322 g/mol. The number of anilines is 1. The van der Waals surface area contributed by atoms with Crippen LogP contribution in [-0.2, 0) is 0 Å². The van der Waals surface area contributed by atoms with Crippen LogP contribution in [-0.4, -0.2) is 28.0 Å². The van der Waals surface area contributed by atoms with Gasteiger partial charge in [0, 0.05) is 42.3 Å². The van der Waals surface area contributed by atoms with Gasteiger partial charge in [-0.3, -0.25) is 4.98 Å². The van der Waals surface area contributed by atoms with Crippen LogP contribution in [0.2, 0.25) is 0 Å². The Labute approximate surface area is 144 Å². The minimum Gasteiger partial charge on any atom is -0.356 e. The number of rotatable bonds is 2. The SMILES string of the molecule is Cc1nc(-c2ccncc2)nc(N2CCC3(CCCC3)CC2)c1C. The summed E-state index contributed by atoms with van der Waals surface area (Å²) in [6.45, 7) is 6.51. The highest BCUT2D eigenvalue weighted by molar-refractivity contribution is 5.60. The predicted molar refractivity (Wildman–Crippen MR) is 97.1 cm³/mol. The first-order chi connectivity index (χ1) is 11.7. The lowest BCUT2D eigenvalue weighted by molar-refractivity contribution is 0.226. The first-order valence-electron chi connectivity index (χ1n) is 9.18. The van der Waals surface area contributed by atoms with E-state index in [2.05, 4.69) is 23.7 Å². The highest BCUT2D eigenvalue weighted by atomic mass is 15.2. The Bertz CT molecular complexity index is 710. The molecule has 1 saturated carbocycles. The number of piperidine rings is 1. The maximum absolute atomic E-state index is 4.93. The topological polar surface area (TPSA) is 41.9 Å². The lowest BCUT2D eigenvalue weighted by atomic mass is 9.77. The molecule has 2 aliphatic rings. The lowest BCUT2D eigenvalue weighted by Gasteiger charge is -2.40. The maximum atomic E-state index is 4.93. The summed E-state index contributed by atoms with van der Waals surface area (Å²) in [4.78, 5) is 16.2. The molecule has 0 amide bonds. The zero-order valence-electron chi connectivity index (χ0n) is 14.8. The highest BCUT2D eigenvalue weighted by Crippen LogP contribution is 2.46. The first kappa shape index (κ1) is 15.6. The van der Waals surface area contributed by atoms with Gasteiger partial charge in [-0.15, -0.1) is 0 Å². The first-order valence-corrected chi connectivity index (χ1v) is 9.18. The number of aromatic nitrogens is 3. The van der Waals surface area contributed by atoms with Crippen molar-refractivity contribution < 1.29 is 0 Å². The number of nitrogens with zero attached hydrogens (tertiary/aromatic N) is 4. The summed E-state index contributed by atoms with van der Waals surface area (Å²) in [5.41, 5.74) is 3.97. The summed E-state index contributed by atoms with van der Waals surface area (Å²) in [6, 6.07) is 3.97. The Morgan fingerprint density at radius 3 is 2.25 bits per heavy atom. The number of hydrogen-bond acceptors (Lipinski definition) is 4. The van der Waals surface area contributed by atoms with E-state index in [0.29, 0.717) is 5.41 Å². The molecule has 0 bridgehead atoms. The normalized spacial score (nSPS) is 19.8. The lowest BCUT2D eigenvalue weighted by Crippen LogP contribution is -2.39. The molecule has 0 atom stereocenters. The van der Waals surface area contributed by atoms with E-state index in [0.717, 1.165) is 36.0 Å². The molecular weight excluding hydrogens is 296 g/mol. The van der Waals surface area contributed by atoms with Gasteiger partial charge in [0.15, 0.2) is 5.82 Å². The molecule has 0 N–H and O–H groups in total. The van der Waals surface area contributed by atoms with Crippen molar-refractivity contribution in [3.63, 3.8) is 0 Å². The van der Waals surface area contributed by atoms with Crippen LogP contribution in [0.25, 0.3) is 11.4 Å². The van der Waals surface area contributed by atoms with Crippen LogP contribution in [0.5, 0.6) is 0 Å². The summed E-state index contributed by atoms with van der Waals surface area (Å²) in [7, 11) is 0. The molecule has 24 heavy (non-hydrogen) atoms. The van der Waals surface area contributed by atoms with Gasteiger partial charge in [0.25, 0.3) is 0 Å². The predicted octanol–water partition coefficient (Wildman–Crippen LogP) is 4.32. The summed E-state index contributed by atoms with van der Waals surface area (Å²) in [6.07, 6.45) is 12.0. The van der Waals surface area contributed by atoms with Crippen LogP contribution in [0.1, 0.15) is 49.8 Å². The fourth-order valence-corrected chi connectivity index (χ4v) is 4.37. The average Bonchev–Trinajstić information content (AvgIpc) is 3.07. The number of pyridine rings is 1. The van der Waals surface area contributed by atoms with Crippen LogP contribution in [0, 0.1) is 19.3 Å². The number of aryl methyl sites for hydroxylation is 1. The standard InChI is InChI=1S/C20H26N4/c1-15-16(2)22-18(17-5-11-21-12-6-17)23-19(15)24-13-9-20(10-14-24)7-3-4-8-20/h5-6,11-12H,3-4,7-10,13-14H2,1-2H3. The largest absolute Gasteiger partial charge is 0.356 e. The van der Waals surface area contributed by atoms with Crippen molar-refractivity contribution in [2.75, 3.05) is 18.0 Å². The van der Waals surface area contributed by atoms with Gasteiger partial charge in [0.1, 0.15) is 5.82 Å². The Hall–Kier alpha value is -1.97. The van der Waals surface area contributed by atoms with Crippen molar-refractivity contribution in [2.45, 2.75) is 52.4 Å². The van der Waals surface area contributed by atoms with Gasteiger partial charge in [-0.1, -0.05) is 12.8 Å². The molecule has 0 aromatic carbocycles. The second kappa shape index (κ2) is 6.15. The van der Waals surface area contributed by atoms with Gasteiger partial charge in [0.05, 0.1) is 0 Å². The zero-order valence-corrected chi connectivity index (χ0v) is 14.8. The average molecular weight is 322 g/mol. The molecule has 1 aliphatic heterocycles. The maximum Gasteiger partial charge on any atom is 0.161 e. The number of hydrogen-bond donors (Lipinski definition) is 0. The molecule has 4 heteroatoms. The third-order valence-electron chi connectivity index (χ3n) is 6.09. The van der Waals surface area contributed by atoms with Gasteiger partial charge >= 0.3 is 0 Å². The van der Waals surface area contributed by atoms with Crippen molar-refractivity contribution in [2.24, 2.45) is 5.41 Å². The Morgan fingerprint density at radius 2 is 1.58 bits per heavy atom. The van der Waals surface area contributed by atoms with E-state index in [1.54, 1.807) is 12.4 Å². The van der Waals surface area contributed by atoms with Crippen LogP contribution in [0.3, 0.4) is 0 Å². The van der Waals surface area contributed by atoms with E-state index in [9.17, 15) is 0 Å². The summed E-state index contributed by atoms with van der Waals surface area (Å²) < 4.78 is 0. The van der Waals surface area contributed by atoms with Gasteiger partial charge in [-0.2, -0.15) is 0 Å². The molecule has 1 saturated heterocycles. The van der Waals surface area contributed by atoms with Crippen molar-refractivity contribution in [3.05, 3.63) is 35.8 Å². The van der Waals surface area contributed by atoms with Gasteiger partial charge < -0.3 is 4.90 Å². The second-order valence-electron chi connectivity index (χ2n) is 7.51. The van der Waals surface area contributed by atoms with E-state index in [1.165, 1.54) is 44.1 Å². The van der Waals surface area contributed by atoms with E-state index in [-0.39, 0.29) is 0 Å². The molecule has 0 unspecified atom stereocenters. The molecule has 2 aromatic rings. The summed E-state index contributed by atoms with van der Waals surface area (Å²) in [5, 5.41) is 0. The Kier molecular flexibility index (Phi) is 3.99. The fourth-order valence-electron chi connectivity index (χ4n) is 4.37.